The van der Waals surface area contributed by atoms with Gasteiger partial charge in [0, 0.05) is 17.1 Å². The van der Waals surface area contributed by atoms with Crippen molar-refractivity contribution in [3.8, 4) is 22.9 Å². The number of aromatic nitrogens is 2. The Bertz CT molecular complexity index is 1270. The first-order chi connectivity index (χ1) is 13.0. The molecule has 0 bridgehead atoms. The maximum absolute atomic E-state index is 12.7. The molecule has 2 aromatic heterocycles. The Morgan fingerprint density at radius 1 is 1.04 bits per heavy atom. The monoisotopic (exact) mass is 355 g/mol. The average Bonchev–Trinajstić information content (AvgIpc) is 3.00. The molecule has 0 fully saturated rings. The van der Waals surface area contributed by atoms with Crippen LogP contribution >= 0.6 is 0 Å². The zero-order chi connectivity index (χ0) is 19.1. The predicted molar refractivity (Wildman–Crippen MR) is 104 cm³/mol. The third-order valence-electron chi connectivity index (χ3n) is 4.71. The van der Waals surface area contributed by atoms with Crippen molar-refractivity contribution in [2.24, 2.45) is 0 Å². The Morgan fingerprint density at radius 2 is 1.78 bits per heavy atom. The molecule has 0 atom stereocenters. The van der Waals surface area contributed by atoms with Crippen LogP contribution < -0.4 is 5.63 Å². The highest BCUT2D eigenvalue weighted by Crippen LogP contribution is 2.28. The van der Waals surface area contributed by atoms with E-state index >= 15 is 0 Å². The Kier molecular flexibility index (Phi) is 3.89. The summed E-state index contributed by atoms with van der Waals surface area (Å²) in [5.74, 6) is 0. The van der Waals surface area contributed by atoms with Crippen molar-refractivity contribution in [1.29, 1.82) is 5.26 Å². The summed E-state index contributed by atoms with van der Waals surface area (Å²) in [6.07, 6.45) is 0. The van der Waals surface area contributed by atoms with Gasteiger partial charge in [-0.3, -0.25) is 0 Å². The molecule has 0 radical (unpaired) electrons. The maximum Gasteiger partial charge on any atom is 0.344 e. The molecule has 0 aliphatic rings. The molecule has 5 heteroatoms. The second-order valence-corrected chi connectivity index (χ2v) is 6.60. The standard InChI is InChI=1S/C22H17N3O2/c1-13-10-14(2)25(24-13)18-8-9-19-15(3)21(22(26)27-20(19)11-18)17-6-4-16(12-23)5-7-17/h4-11H,1-3H3. The number of benzene rings is 2. The first-order valence-corrected chi connectivity index (χ1v) is 8.59. The van der Waals surface area contributed by atoms with E-state index in [0.29, 0.717) is 16.7 Å². The zero-order valence-corrected chi connectivity index (χ0v) is 15.3. The van der Waals surface area contributed by atoms with Gasteiger partial charge in [-0.2, -0.15) is 10.4 Å². The van der Waals surface area contributed by atoms with Crippen molar-refractivity contribution in [2.75, 3.05) is 0 Å². The quantitative estimate of drug-likeness (QED) is 0.498. The highest BCUT2D eigenvalue weighted by molar-refractivity contribution is 5.87. The van der Waals surface area contributed by atoms with E-state index in [1.807, 2.05) is 49.7 Å². The molecular formula is C22H17N3O2. The summed E-state index contributed by atoms with van der Waals surface area (Å²) in [5, 5.41) is 14.3. The minimum Gasteiger partial charge on any atom is -0.422 e. The van der Waals surface area contributed by atoms with Crippen molar-refractivity contribution in [3.05, 3.63) is 81.5 Å². The topological polar surface area (TPSA) is 71.8 Å². The predicted octanol–water partition coefficient (Wildman–Crippen LogP) is 4.44. The van der Waals surface area contributed by atoms with Gasteiger partial charge in [0.15, 0.2) is 0 Å². The fourth-order valence-electron chi connectivity index (χ4n) is 3.41. The van der Waals surface area contributed by atoms with E-state index in [1.54, 1.807) is 24.3 Å². The molecule has 4 aromatic rings. The lowest BCUT2D eigenvalue weighted by Gasteiger charge is -2.10. The summed E-state index contributed by atoms with van der Waals surface area (Å²) < 4.78 is 7.46. The van der Waals surface area contributed by atoms with Crippen molar-refractivity contribution in [2.45, 2.75) is 20.8 Å². The maximum atomic E-state index is 12.7. The smallest absolute Gasteiger partial charge is 0.344 e. The van der Waals surface area contributed by atoms with E-state index in [4.69, 9.17) is 9.68 Å². The summed E-state index contributed by atoms with van der Waals surface area (Å²) in [4.78, 5) is 12.7. The molecule has 0 N–H and O–H groups in total. The second-order valence-electron chi connectivity index (χ2n) is 6.60. The van der Waals surface area contributed by atoms with Crippen molar-refractivity contribution < 1.29 is 4.42 Å². The molecule has 0 saturated carbocycles. The van der Waals surface area contributed by atoms with Crippen LogP contribution in [0.25, 0.3) is 27.8 Å². The van der Waals surface area contributed by atoms with Gasteiger partial charge in [0.25, 0.3) is 0 Å². The molecule has 2 heterocycles. The van der Waals surface area contributed by atoms with Gasteiger partial charge < -0.3 is 4.42 Å². The first kappa shape index (κ1) is 16.8. The summed E-state index contributed by atoms with van der Waals surface area (Å²) in [6, 6.07) is 16.8. The van der Waals surface area contributed by atoms with E-state index in [1.165, 1.54) is 0 Å². The molecular weight excluding hydrogens is 338 g/mol. The Hall–Kier alpha value is -3.65. The number of rotatable bonds is 2. The molecule has 0 saturated heterocycles. The van der Waals surface area contributed by atoms with E-state index < -0.39 is 5.63 Å². The van der Waals surface area contributed by atoms with Crippen molar-refractivity contribution in [1.82, 2.24) is 9.78 Å². The molecule has 0 unspecified atom stereocenters. The lowest BCUT2D eigenvalue weighted by atomic mass is 9.98. The number of hydrogen-bond donors (Lipinski definition) is 0. The van der Waals surface area contributed by atoms with Gasteiger partial charge in [-0.1, -0.05) is 12.1 Å². The van der Waals surface area contributed by atoms with Gasteiger partial charge in [-0.25, -0.2) is 9.48 Å². The van der Waals surface area contributed by atoms with Crippen LogP contribution in [-0.4, -0.2) is 9.78 Å². The van der Waals surface area contributed by atoms with Crippen molar-refractivity contribution in [3.63, 3.8) is 0 Å². The zero-order valence-electron chi connectivity index (χ0n) is 15.3. The molecule has 5 nitrogen and oxygen atoms in total. The van der Waals surface area contributed by atoms with E-state index in [2.05, 4.69) is 11.2 Å². The number of aryl methyl sites for hydroxylation is 3. The third-order valence-corrected chi connectivity index (χ3v) is 4.71. The van der Waals surface area contributed by atoms with Gasteiger partial charge in [0.2, 0.25) is 0 Å². The van der Waals surface area contributed by atoms with Crippen LogP contribution in [0.4, 0.5) is 0 Å². The third kappa shape index (κ3) is 2.81. The molecule has 2 aromatic carbocycles. The van der Waals surface area contributed by atoms with E-state index in [9.17, 15) is 4.79 Å². The fraction of sp³-hybridized carbons (Fsp3) is 0.136. The van der Waals surface area contributed by atoms with Crippen LogP contribution in [0.3, 0.4) is 0 Å². The molecule has 0 aliphatic heterocycles. The Labute approximate surface area is 156 Å². The number of nitrogens with zero attached hydrogens (tertiary/aromatic N) is 3. The van der Waals surface area contributed by atoms with Gasteiger partial charge in [0.1, 0.15) is 5.58 Å². The SMILES string of the molecule is Cc1cc(C)n(-c2ccc3c(C)c(-c4ccc(C#N)cc4)c(=O)oc3c2)n1. The second kappa shape index (κ2) is 6.26. The van der Waals surface area contributed by atoms with Crippen molar-refractivity contribution >= 4 is 11.0 Å². The van der Waals surface area contributed by atoms with Gasteiger partial charge in [0.05, 0.1) is 28.6 Å². The van der Waals surface area contributed by atoms with Gasteiger partial charge in [-0.15, -0.1) is 0 Å². The molecule has 27 heavy (non-hydrogen) atoms. The normalized spacial score (nSPS) is 10.9. The molecule has 0 amide bonds. The Balaban J connectivity index is 1.90. The lowest BCUT2D eigenvalue weighted by molar-refractivity contribution is 0.562. The van der Waals surface area contributed by atoms with Crippen LogP contribution in [0.2, 0.25) is 0 Å². The largest absolute Gasteiger partial charge is 0.422 e. The lowest BCUT2D eigenvalue weighted by Crippen LogP contribution is -2.07. The molecule has 0 spiro atoms. The Morgan fingerprint density at radius 3 is 2.41 bits per heavy atom. The van der Waals surface area contributed by atoms with Crippen LogP contribution in [0.15, 0.2) is 57.7 Å². The summed E-state index contributed by atoms with van der Waals surface area (Å²) in [6.45, 7) is 5.84. The number of hydrogen-bond acceptors (Lipinski definition) is 4. The van der Waals surface area contributed by atoms with E-state index in [0.717, 1.165) is 33.6 Å². The summed E-state index contributed by atoms with van der Waals surface area (Å²) in [5.41, 5.74) is 5.59. The van der Waals surface area contributed by atoms with E-state index in [-0.39, 0.29) is 0 Å². The molecule has 132 valence electrons. The first-order valence-electron chi connectivity index (χ1n) is 8.59. The minimum atomic E-state index is -0.393. The van der Waals surface area contributed by atoms with Crippen LogP contribution in [0, 0.1) is 32.1 Å². The highest BCUT2D eigenvalue weighted by Gasteiger charge is 2.14. The number of fused-ring (bicyclic) bond motifs is 1. The highest BCUT2D eigenvalue weighted by atomic mass is 16.4. The average molecular weight is 355 g/mol. The van der Waals surface area contributed by atoms with Gasteiger partial charge in [-0.05, 0) is 62.2 Å². The summed E-state index contributed by atoms with van der Waals surface area (Å²) >= 11 is 0. The molecule has 0 aliphatic carbocycles. The van der Waals surface area contributed by atoms with Gasteiger partial charge >= 0.3 is 5.63 Å². The summed E-state index contributed by atoms with van der Waals surface area (Å²) in [7, 11) is 0. The number of nitriles is 1. The minimum absolute atomic E-state index is 0.393. The van der Waals surface area contributed by atoms with Crippen LogP contribution in [-0.2, 0) is 0 Å². The van der Waals surface area contributed by atoms with Crippen LogP contribution in [0.5, 0.6) is 0 Å². The fourth-order valence-corrected chi connectivity index (χ4v) is 3.41. The molecule has 4 rings (SSSR count). The van der Waals surface area contributed by atoms with Crippen LogP contribution in [0.1, 0.15) is 22.5 Å².